The Morgan fingerprint density at radius 2 is 2.17 bits per heavy atom. The number of amides is 1. The predicted octanol–water partition coefficient (Wildman–Crippen LogP) is 2.52. The maximum atomic E-state index is 12.3. The van der Waals surface area contributed by atoms with Crippen LogP contribution in [-0.4, -0.2) is 33.5 Å². The average Bonchev–Trinajstić information content (AvgIpc) is 3.30. The summed E-state index contributed by atoms with van der Waals surface area (Å²) in [5, 5.41) is 15.6. The van der Waals surface area contributed by atoms with Crippen molar-refractivity contribution in [1.82, 2.24) is 15.5 Å². The molecule has 1 heterocycles. The quantitative estimate of drug-likeness (QED) is 0.757. The molecule has 0 spiro atoms. The van der Waals surface area contributed by atoms with Gasteiger partial charge in [0.25, 0.3) is 5.91 Å². The summed E-state index contributed by atoms with van der Waals surface area (Å²) in [5.41, 5.74) is 0.576. The van der Waals surface area contributed by atoms with Crippen LogP contribution in [0.25, 0.3) is 0 Å². The maximum absolute atomic E-state index is 12.3. The fraction of sp³-hybridized carbons (Fsp3) is 0.438. The minimum Gasteiger partial charge on any atom is -0.396 e. The highest BCUT2D eigenvalue weighted by Crippen LogP contribution is 2.38. The van der Waals surface area contributed by atoms with Crippen LogP contribution in [0.1, 0.15) is 53.8 Å². The van der Waals surface area contributed by atoms with Crippen molar-refractivity contribution < 1.29 is 14.4 Å². The molecule has 2 aromatic rings. The molecule has 122 valence electrons. The van der Waals surface area contributed by atoms with Gasteiger partial charge in [-0.2, -0.15) is 4.98 Å². The molecule has 1 atom stereocenters. The van der Waals surface area contributed by atoms with Crippen molar-refractivity contribution in [2.45, 2.75) is 36.6 Å². The van der Waals surface area contributed by atoms with E-state index in [1.54, 1.807) is 23.9 Å². The number of rotatable bonds is 7. The van der Waals surface area contributed by atoms with Gasteiger partial charge in [-0.05, 0) is 44.0 Å². The average molecular weight is 333 g/mol. The number of nitrogens with one attached hydrogen (secondary N) is 1. The van der Waals surface area contributed by atoms with E-state index < -0.39 is 0 Å². The normalized spacial score (nSPS) is 15.4. The lowest BCUT2D eigenvalue weighted by molar-refractivity contribution is 0.0932. The number of hydrogen-bond donors (Lipinski definition) is 2. The number of benzene rings is 1. The van der Waals surface area contributed by atoms with Crippen LogP contribution in [0.15, 0.2) is 33.7 Å². The molecule has 1 aromatic carbocycles. The van der Waals surface area contributed by atoms with E-state index in [0.29, 0.717) is 23.1 Å². The predicted molar refractivity (Wildman–Crippen MR) is 86.4 cm³/mol. The number of aliphatic hydroxyl groups excluding tert-OH is 1. The third-order valence-electron chi connectivity index (χ3n) is 3.59. The molecule has 1 aliphatic carbocycles. The zero-order valence-electron chi connectivity index (χ0n) is 12.9. The molecule has 0 radical (unpaired) electrons. The second kappa shape index (κ2) is 7.14. The molecular weight excluding hydrogens is 314 g/mol. The smallest absolute Gasteiger partial charge is 0.251 e. The van der Waals surface area contributed by atoms with Gasteiger partial charge in [0.05, 0.1) is 6.61 Å². The Bertz CT molecular complexity index is 667. The molecule has 0 bridgehead atoms. The molecule has 3 rings (SSSR count). The number of carbonyl (C=O) groups excluding carboxylic acids is 1. The van der Waals surface area contributed by atoms with Gasteiger partial charge in [0.1, 0.15) is 6.04 Å². The van der Waals surface area contributed by atoms with Gasteiger partial charge in [-0.25, -0.2) is 0 Å². The van der Waals surface area contributed by atoms with Crippen molar-refractivity contribution in [2.75, 3.05) is 12.4 Å². The third-order valence-corrected chi connectivity index (χ3v) is 4.59. The first-order valence-corrected chi connectivity index (χ1v) is 8.64. The molecule has 7 heteroatoms. The standard InChI is InChI=1S/C16H19N3O3S/c1-10(16-18-14(19-22-16)11-2-3-11)17-15(21)12-4-6-13(7-5-12)23-9-8-20/h4-7,10-11,20H,2-3,8-9H2,1H3,(H,17,21). The minimum absolute atomic E-state index is 0.136. The van der Waals surface area contributed by atoms with Crippen LogP contribution in [-0.2, 0) is 0 Å². The zero-order chi connectivity index (χ0) is 16.2. The van der Waals surface area contributed by atoms with Gasteiger partial charge in [-0.15, -0.1) is 11.8 Å². The lowest BCUT2D eigenvalue weighted by Gasteiger charge is -2.10. The highest BCUT2D eigenvalue weighted by Gasteiger charge is 2.29. The SMILES string of the molecule is CC(NC(=O)c1ccc(SCCO)cc1)c1nc(C2CC2)no1. The minimum atomic E-state index is -0.328. The summed E-state index contributed by atoms with van der Waals surface area (Å²) in [6.07, 6.45) is 2.22. The van der Waals surface area contributed by atoms with E-state index in [2.05, 4.69) is 15.5 Å². The molecule has 2 N–H and O–H groups in total. The summed E-state index contributed by atoms with van der Waals surface area (Å²) in [5.74, 6) is 2.08. The van der Waals surface area contributed by atoms with Gasteiger partial charge < -0.3 is 14.9 Å². The summed E-state index contributed by atoms with van der Waals surface area (Å²) in [6, 6.07) is 6.96. The molecule has 1 saturated carbocycles. The van der Waals surface area contributed by atoms with Crippen LogP contribution in [0.5, 0.6) is 0 Å². The van der Waals surface area contributed by atoms with Crippen LogP contribution in [0, 0.1) is 0 Å². The Hall–Kier alpha value is -1.86. The highest BCUT2D eigenvalue weighted by molar-refractivity contribution is 7.99. The number of hydrogen-bond acceptors (Lipinski definition) is 6. The first-order valence-electron chi connectivity index (χ1n) is 7.65. The first kappa shape index (κ1) is 16.0. The number of aliphatic hydroxyl groups is 1. The van der Waals surface area contributed by atoms with Gasteiger partial charge in [0.2, 0.25) is 5.89 Å². The first-order chi connectivity index (χ1) is 11.2. The molecule has 1 aromatic heterocycles. The van der Waals surface area contributed by atoms with Crippen molar-refractivity contribution >= 4 is 17.7 Å². The highest BCUT2D eigenvalue weighted by atomic mass is 32.2. The monoisotopic (exact) mass is 333 g/mol. The van der Waals surface area contributed by atoms with Crippen LogP contribution in [0.4, 0.5) is 0 Å². The van der Waals surface area contributed by atoms with E-state index in [9.17, 15) is 4.79 Å². The van der Waals surface area contributed by atoms with Crippen molar-refractivity contribution in [3.63, 3.8) is 0 Å². The summed E-state index contributed by atoms with van der Waals surface area (Å²) in [7, 11) is 0. The molecule has 0 saturated heterocycles. The van der Waals surface area contributed by atoms with Crippen molar-refractivity contribution in [3.8, 4) is 0 Å². The maximum Gasteiger partial charge on any atom is 0.251 e. The molecule has 6 nitrogen and oxygen atoms in total. The Kier molecular flexibility index (Phi) is 4.97. The lowest BCUT2D eigenvalue weighted by Crippen LogP contribution is -2.26. The molecule has 23 heavy (non-hydrogen) atoms. The Labute approximate surface area is 138 Å². The van der Waals surface area contributed by atoms with Crippen LogP contribution in [0.3, 0.4) is 0 Å². The van der Waals surface area contributed by atoms with Crippen LogP contribution >= 0.6 is 11.8 Å². The van der Waals surface area contributed by atoms with Gasteiger partial charge in [0, 0.05) is 22.1 Å². The fourth-order valence-electron chi connectivity index (χ4n) is 2.14. The Balaban J connectivity index is 1.58. The summed E-state index contributed by atoms with van der Waals surface area (Å²) < 4.78 is 5.23. The number of nitrogens with zero attached hydrogens (tertiary/aromatic N) is 2. The summed E-state index contributed by atoms with van der Waals surface area (Å²) in [4.78, 5) is 17.6. The van der Waals surface area contributed by atoms with Gasteiger partial charge in [-0.1, -0.05) is 5.16 Å². The van der Waals surface area contributed by atoms with Gasteiger partial charge in [0.15, 0.2) is 5.82 Å². The molecule has 1 fully saturated rings. The number of aromatic nitrogens is 2. The second-order valence-corrected chi connectivity index (χ2v) is 6.73. The lowest BCUT2D eigenvalue weighted by atomic mass is 10.2. The van der Waals surface area contributed by atoms with Crippen molar-refractivity contribution in [1.29, 1.82) is 0 Å². The van der Waals surface area contributed by atoms with E-state index in [1.807, 2.05) is 19.1 Å². The number of carbonyl (C=O) groups is 1. The second-order valence-electron chi connectivity index (χ2n) is 5.56. The topological polar surface area (TPSA) is 88.2 Å². The molecule has 0 aliphatic heterocycles. The fourth-order valence-corrected chi connectivity index (χ4v) is 2.79. The summed E-state index contributed by atoms with van der Waals surface area (Å²) >= 11 is 1.55. The van der Waals surface area contributed by atoms with E-state index in [4.69, 9.17) is 9.63 Å². The van der Waals surface area contributed by atoms with E-state index >= 15 is 0 Å². The van der Waals surface area contributed by atoms with Gasteiger partial charge in [-0.3, -0.25) is 4.79 Å². The number of thioether (sulfide) groups is 1. The summed E-state index contributed by atoms with van der Waals surface area (Å²) in [6.45, 7) is 1.96. The molecule has 1 aliphatic rings. The zero-order valence-corrected chi connectivity index (χ0v) is 13.7. The molecule has 1 amide bonds. The van der Waals surface area contributed by atoms with Crippen LogP contribution in [0.2, 0.25) is 0 Å². The van der Waals surface area contributed by atoms with Crippen molar-refractivity contribution in [3.05, 3.63) is 41.5 Å². The Morgan fingerprint density at radius 3 is 2.83 bits per heavy atom. The van der Waals surface area contributed by atoms with E-state index in [1.165, 1.54) is 0 Å². The van der Waals surface area contributed by atoms with E-state index in [0.717, 1.165) is 23.6 Å². The van der Waals surface area contributed by atoms with Gasteiger partial charge >= 0.3 is 0 Å². The third kappa shape index (κ3) is 4.11. The Morgan fingerprint density at radius 1 is 1.43 bits per heavy atom. The largest absolute Gasteiger partial charge is 0.396 e. The molecular formula is C16H19N3O3S. The molecule has 1 unspecified atom stereocenters. The van der Waals surface area contributed by atoms with Crippen LogP contribution < -0.4 is 5.32 Å². The van der Waals surface area contributed by atoms with E-state index in [-0.39, 0.29) is 18.6 Å². The van der Waals surface area contributed by atoms with Crippen molar-refractivity contribution in [2.24, 2.45) is 0 Å².